The smallest absolute Gasteiger partial charge is 0.387 e. The van der Waals surface area contributed by atoms with Crippen LogP contribution in [0.25, 0.3) is 11.4 Å². The Balaban J connectivity index is 1.52. The molecule has 0 aliphatic heterocycles. The van der Waals surface area contributed by atoms with E-state index in [0.717, 1.165) is 11.1 Å². The molecular weight excluding hydrogens is 462 g/mol. The monoisotopic (exact) mass is 482 g/mol. The lowest BCUT2D eigenvalue weighted by Crippen LogP contribution is -2.01. The van der Waals surface area contributed by atoms with Crippen molar-refractivity contribution < 1.29 is 23.0 Å². The van der Waals surface area contributed by atoms with Crippen molar-refractivity contribution in [3.8, 4) is 28.6 Å². The van der Waals surface area contributed by atoms with Gasteiger partial charge >= 0.3 is 6.61 Å². The quantitative estimate of drug-likeness (QED) is 0.246. The minimum Gasteiger partial charge on any atom is -0.493 e. The van der Waals surface area contributed by atoms with Gasteiger partial charge in [0.1, 0.15) is 12.4 Å². The van der Waals surface area contributed by atoms with Crippen LogP contribution in [0.5, 0.6) is 17.2 Å². The Morgan fingerprint density at radius 1 is 1.06 bits per heavy atom. The maximum atomic E-state index is 12.4. The number of ether oxygens (including phenoxy) is 3. The van der Waals surface area contributed by atoms with E-state index >= 15 is 0 Å². The number of nitrogens with one attached hydrogen (secondary N) is 1. The molecule has 1 aromatic heterocycles. The molecule has 0 atom stereocenters. The Bertz CT molecular complexity index is 1320. The summed E-state index contributed by atoms with van der Waals surface area (Å²) in [7, 11) is 1.57. The van der Waals surface area contributed by atoms with E-state index in [2.05, 4.69) is 20.0 Å². The molecule has 0 aliphatic rings. The van der Waals surface area contributed by atoms with E-state index in [1.165, 1.54) is 16.8 Å². The van der Waals surface area contributed by atoms with Crippen LogP contribution < -0.4 is 14.2 Å². The Hall–Kier alpha value is -4.05. The summed E-state index contributed by atoms with van der Waals surface area (Å²) in [6.07, 6.45) is 1.60. The summed E-state index contributed by atoms with van der Waals surface area (Å²) in [5, 5.41) is 11.3. The number of aromatic amines is 1. The van der Waals surface area contributed by atoms with Crippen LogP contribution in [0, 0.1) is 4.77 Å². The minimum atomic E-state index is -2.89. The number of hydrogen-bond acceptors (Lipinski definition) is 6. The van der Waals surface area contributed by atoms with Crippen LogP contribution in [0.4, 0.5) is 8.78 Å². The van der Waals surface area contributed by atoms with E-state index in [9.17, 15) is 8.78 Å². The van der Waals surface area contributed by atoms with Gasteiger partial charge in [-0.15, -0.1) is 0 Å². The number of nitrogens with zero attached hydrogens (tertiary/aromatic N) is 3. The van der Waals surface area contributed by atoms with Crippen molar-refractivity contribution in [3.63, 3.8) is 0 Å². The number of rotatable bonds is 9. The number of alkyl halides is 2. The first kappa shape index (κ1) is 23.1. The molecule has 174 valence electrons. The lowest BCUT2D eigenvalue weighted by atomic mass is 10.2. The van der Waals surface area contributed by atoms with Crippen LogP contribution in [0.3, 0.4) is 0 Å². The van der Waals surface area contributed by atoms with Crippen LogP contribution in [0.15, 0.2) is 77.9 Å². The van der Waals surface area contributed by atoms with Crippen molar-refractivity contribution in [2.75, 3.05) is 7.11 Å². The fourth-order valence-corrected chi connectivity index (χ4v) is 3.29. The molecule has 4 rings (SSSR count). The molecule has 7 nitrogen and oxygen atoms in total. The minimum absolute atomic E-state index is 0.0459. The molecule has 0 unspecified atom stereocenters. The molecule has 0 radical (unpaired) electrons. The van der Waals surface area contributed by atoms with Gasteiger partial charge in [-0.05, 0) is 65.8 Å². The van der Waals surface area contributed by atoms with Gasteiger partial charge in [0, 0.05) is 5.56 Å². The summed E-state index contributed by atoms with van der Waals surface area (Å²) >= 11 is 5.28. The Morgan fingerprint density at radius 3 is 2.53 bits per heavy atom. The summed E-state index contributed by atoms with van der Waals surface area (Å²) < 4.78 is 42.2. The fraction of sp³-hybridized carbons (Fsp3) is 0.125. The Labute approximate surface area is 199 Å². The van der Waals surface area contributed by atoms with Crippen molar-refractivity contribution in [2.24, 2.45) is 5.10 Å². The first-order chi connectivity index (χ1) is 16.5. The molecule has 0 bridgehead atoms. The van der Waals surface area contributed by atoms with Gasteiger partial charge in [-0.1, -0.05) is 30.3 Å². The standard InChI is InChI=1S/C24H20F2N4O3S/c1-31-21-13-17(7-12-20(21)32-15-16-5-3-2-4-6-16)14-27-30-22(28-29-24(30)34)18-8-10-19(11-9-18)33-23(25)26/h2-14,23H,15H2,1H3,(H,29,34). The van der Waals surface area contributed by atoms with E-state index in [-0.39, 0.29) is 10.5 Å². The largest absolute Gasteiger partial charge is 0.493 e. The van der Waals surface area contributed by atoms with Crippen LogP contribution in [0.1, 0.15) is 11.1 Å². The molecule has 1 heterocycles. The topological polar surface area (TPSA) is 73.7 Å². The first-order valence-corrected chi connectivity index (χ1v) is 10.6. The average Bonchev–Trinajstić information content (AvgIpc) is 3.22. The molecule has 1 N–H and O–H groups in total. The molecule has 0 saturated heterocycles. The predicted octanol–water partition coefficient (Wildman–Crippen LogP) is 5.68. The predicted molar refractivity (Wildman–Crippen MR) is 126 cm³/mol. The molecule has 3 aromatic carbocycles. The molecule has 34 heavy (non-hydrogen) atoms. The zero-order valence-corrected chi connectivity index (χ0v) is 18.8. The third-order valence-corrected chi connectivity index (χ3v) is 5.00. The van der Waals surface area contributed by atoms with Gasteiger partial charge in [0.25, 0.3) is 0 Å². The maximum Gasteiger partial charge on any atom is 0.387 e. The molecule has 0 saturated carbocycles. The third-order valence-electron chi connectivity index (χ3n) is 4.74. The van der Waals surface area contributed by atoms with Crippen LogP contribution in [-0.2, 0) is 6.61 Å². The summed E-state index contributed by atoms with van der Waals surface area (Å²) in [4.78, 5) is 0. The summed E-state index contributed by atoms with van der Waals surface area (Å²) in [6.45, 7) is -2.48. The summed E-state index contributed by atoms with van der Waals surface area (Å²) in [5.74, 6) is 1.63. The SMILES string of the molecule is COc1cc(C=Nn2c(-c3ccc(OC(F)F)cc3)n[nH]c2=S)ccc1OCc1ccccc1. The van der Waals surface area contributed by atoms with Gasteiger partial charge in [0.2, 0.25) is 4.77 Å². The molecule has 0 aliphatic carbocycles. The molecular formula is C24H20F2N4O3S. The van der Waals surface area contributed by atoms with Crippen molar-refractivity contribution in [2.45, 2.75) is 13.2 Å². The maximum absolute atomic E-state index is 12.4. The lowest BCUT2D eigenvalue weighted by molar-refractivity contribution is -0.0498. The molecule has 0 amide bonds. The van der Waals surface area contributed by atoms with Crippen molar-refractivity contribution in [1.82, 2.24) is 14.9 Å². The number of halogens is 2. The van der Waals surface area contributed by atoms with Gasteiger partial charge in [0.15, 0.2) is 17.3 Å². The van der Waals surface area contributed by atoms with Crippen molar-refractivity contribution in [1.29, 1.82) is 0 Å². The number of hydrogen-bond donors (Lipinski definition) is 1. The molecule has 0 spiro atoms. The highest BCUT2D eigenvalue weighted by molar-refractivity contribution is 7.71. The second kappa shape index (κ2) is 10.7. The van der Waals surface area contributed by atoms with Crippen LogP contribution >= 0.6 is 12.2 Å². The number of H-pyrrole nitrogens is 1. The van der Waals surface area contributed by atoms with E-state index in [1.54, 1.807) is 37.6 Å². The van der Waals surface area contributed by atoms with Crippen molar-refractivity contribution in [3.05, 3.63) is 88.7 Å². The average molecular weight is 483 g/mol. The van der Waals surface area contributed by atoms with Gasteiger partial charge < -0.3 is 14.2 Å². The highest BCUT2D eigenvalue weighted by atomic mass is 32.1. The normalized spacial score (nSPS) is 11.2. The van der Waals surface area contributed by atoms with E-state index in [1.807, 2.05) is 36.4 Å². The molecule has 0 fully saturated rings. The second-order valence-electron chi connectivity index (χ2n) is 7.00. The Morgan fingerprint density at radius 2 is 1.82 bits per heavy atom. The second-order valence-corrected chi connectivity index (χ2v) is 7.38. The van der Waals surface area contributed by atoms with E-state index < -0.39 is 6.61 Å². The number of aromatic nitrogens is 3. The van der Waals surface area contributed by atoms with E-state index in [0.29, 0.717) is 29.5 Å². The molecule has 10 heteroatoms. The number of methoxy groups -OCH3 is 1. The highest BCUT2D eigenvalue weighted by Crippen LogP contribution is 2.28. The zero-order chi connectivity index (χ0) is 23.9. The van der Waals surface area contributed by atoms with Gasteiger partial charge in [-0.3, -0.25) is 0 Å². The third kappa shape index (κ3) is 5.65. The number of benzene rings is 3. The van der Waals surface area contributed by atoms with Gasteiger partial charge in [-0.2, -0.15) is 23.7 Å². The fourth-order valence-electron chi connectivity index (χ4n) is 3.11. The van der Waals surface area contributed by atoms with Gasteiger partial charge in [0.05, 0.1) is 13.3 Å². The van der Waals surface area contributed by atoms with Gasteiger partial charge in [-0.25, -0.2) is 5.10 Å². The van der Waals surface area contributed by atoms with Crippen LogP contribution in [0.2, 0.25) is 0 Å². The Kier molecular flexibility index (Phi) is 7.28. The zero-order valence-electron chi connectivity index (χ0n) is 18.0. The lowest BCUT2D eigenvalue weighted by Gasteiger charge is -2.11. The van der Waals surface area contributed by atoms with Crippen LogP contribution in [-0.4, -0.2) is 34.8 Å². The van der Waals surface area contributed by atoms with Crippen molar-refractivity contribution >= 4 is 18.4 Å². The summed E-state index contributed by atoms with van der Waals surface area (Å²) in [6, 6.07) is 21.3. The first-order valence-electron chi connectivity index (χ1n) is 10.2. The molecule has 4 aromatic rings. The highest BCUT2D eigenvalue weighted by Gasteiger charge is 2.11. The van der Waals surface area contributed by atoms with E-state index in [4.69, 9.17) is 21.7 Å². The summed E-state index contributed by atoms with van der Waals surface area (Å²) in [5.41, 5.74) is 2.41.